The molecule has 1 saturated heterocycles. The van der Waals surface area contributed by atoms with Crippen LogP contribution in [0.25, 0.3) is 0 Å². The summed E-state index contributed by atoms with van der Waals surface area (Å²) in [5.74, 6) is -1.47. The summed E-state index contributed by atoms with van der Waals surface area (Å²) in [6, 6.07) is 3.02. The highest BCUT2D eigenvalue weighted by Gasteiger charge is 2.48. The number of aliphatic hydroxyl groups is 1. The van der Waals surface area contributed by atoms with Crippen molar-refractivity contribution in [2.24, 2.45) is 5.41 Å². The van der Waals surface area contributed by atoms with E-state index in [2.05, 4.69) is 4.98 Å². The second kappa shape index (κ2) is 8.97. The molecule has 2 atom stereocenters. The predicted molar refractivity (Wildman–Crippen MR) is 87.7 cm³/mol. The second-order valence-corrected chi connectivity index (χ2v) is 5.74. The van der Waals surface area contributed by atoms with Crippen LogP contribution in [0, 0.1) is 5.41 Å². The zero-order valence-electron chi connectivity index (χ0n) is 13.8. The molecule has 0 aliphatic carbocycles. The first-order valence-corrected chi connectivity index (χ1v) is 7.76. The Hall–Kier alpha value is -2.68. The Balaban J connectivity index is 0.000000970. The molecular weight excluding hydrogens is 332 g/mol. The van der Waals surface area contributed by atoms with E-state index in [1.165, 1.54) is 12.3 Å². The van der Waals surface area contributed by atoms with Crippen LogP contribution in [0.15, 0.2) is 18.3 Å². The first kappa shape index (κ1) is 20.4. The van der Waals surface area contributed by atoms with Crippen molar-refractivity contribution < 1.29 is 34.8 Å². The van der Waals surface area contributed by atoms with Gasteiger partial charge < -0.3 is 25.3 Å². The standard InChI is InChI=1S/C15H20N2O5.CH2O2/c1-2-5-15(14(21)22)6-7-17(9-11(15)18)12-4-3-10(8-16-12)13(19)20;2-1-3/h3-4,8,11,18H,2,5-7,9H2,1H3,(H,19,20)(H,21,22);1H,(H,2,3)/t11-,15-;/m0./s1. The number of β-amino-alcohol motifs (C(OH)–C–C–N with tert-alkyl or cyclic N) is 1. The van der Waals surface area contributed by atoms with Gasteiger partial charge >= 0.3 is 11.9 Å². The topological polar surface area (TPSA) is 148 Å². The van der Waals surface area contributed by atoms with Gasteiger partial charge in [-0.2, -0.15) is 0 Å². The minimum atomic E-state index is -1.10. The molecule has 1 aliphatic rings. The Morgan fingerprint density at radius 1 is 1.40 bits per heavy atom. The summed E-state index contributed by atoms with van der Waals surface area (Å²) >= 11 is 0. The normalized spacial score (nSPS) is 22.5. The number of carboxylic acid groups (broad SMARTS) is 3. The van der Waals surface area contributed by atoms with Crippen molar-refractivity contribution in [3.63, 3.8) is 0 Å². The number of aromatic carboxylic acids is 1. The molecule has 0 unspecified atom stereocenters. The Kier molecular flexibility index (Phi) is 7.31. The molecule has 1 aromatic rings. The number of piperidine rings is 1. The summed E-state index contributed by atoms with van der Waals surface area (Å²) in [5.41, 5.74) is -1.01. The van der Waals surface area contributed by atoms with Crippen LogP contribution in [-0.4, -0.2) is 63.0 Å². The Labute approximate surface area is 144 Å². The molecule has 9 nitrogen and oxygen atoms in total. The van der Waals surface area contributed by atoms with E-state index in [9.17, 15) is 19.8 Å². The highest BCUT2D eigenvalue weighted by molar-refractivity contribution is 5.87. The van der Waals surface area contributed by atoms with Gasteiger partial charge in [0.1, 0.15) is 5.82 Å². The molecule has 1 aromatic heterocycles. The summed E-state index contributed by atoms with van der Waals surface area (Å²) in [6.07, 6.45) is 1.73. The fourth-order valence-corrected chi connectivity index (χ4v) is 2.98. The van der Waals surface area contributed by atoms with Crippen LogP contribution in [0.5, 0.6) is 0 Å². The number of hydrogen-bond donors (Lipinski definition) is 4. The van der Waals surface area contributed by atoms with Gasteiger partial charge in [-0.25, -0.2) is 9.78 Å². The Morgan fingerprint density at radius 2 is 2.04 bits per heavy atom. The SMILES string of the molecule is CCC[C@]1(C(=O)O)CCN(c2ccc(C(=O)O)cn2)C[C@@H]1O.O=CO. The molecule has 9 heteroatoms. The summed E-state index contributed by atoms with van der Waals surface area (Å²) in [4.78, 5) is 36.6. The van der Waals surface area contributed by atoms with E-state index in [1.807, 2.05) is 6.92 Å². The number of nitrogens with zero attached hydrogens (tertiary/aromatic N) is 2. The zero-order valence-corrected chi connectivity index (χ0v) is 13.8. The third-order valence-corrected chi connectivity index (χ3v) is 4.30. The Morgan fingerprint density at radius 3 is 2.44 bits per heavy atom. The lowest BCUT2D eigenvalue weighted by molar-refractivity contribution is -0.159. The molecule has 138 valence electrons. The van der Waals surface area contributed by atoms with Crippen LogP contribution in [0.1, 0.15) is 36.5 Å². The summed E-state index contributed by atoms with van der Waals surface area (Å²) in [5, 5.41) is 35.6. The number of anilines is 1. The van der Waals surface area contributed by atoms with Crippen molar-refractivity contribution in [1.82, 2.24) is 4.98 Å². The van der Waals surface area contributed by atoms with Gasteiger partial charge in [-0.05, 0) is 25.0 Å². The number of aliphatic carboxylic acids is 1. The largest absolute Gasteiger partial charge is 0.483 e. The quantitative estimate of drug-likeness (QED) is 0.566. The van der Waals surface area contributed by atoms with Crippen LogP contribution in [0.4, 0.5) is 5.82 Å². The number of aromatic nitrogens is 1. The predicted octanol–water partition coefficient (Wildman–Crippen LogP) is 0.923. The lowest BCUT2D eigenvalue weighted by Crippen LogP contribution is -2.55. The van der Waals surface area contributed by atoms with E-state index in [1.54, 1.807) is 11.0 Å². The molecule has 0 saturated carbocycles. The molecule has 1 fully saturated rings. The molecular formula is C16H22N2O7. The van der Waals surface area contributed by atoms with Gasteiger partial charge in [0, 0.05) is 19.3 Å². The highest BCUT2D eigenvalue weighted by atomic mass is 16.4. The lowest BCUT2D eigenvalue weighted by Gasteiger charge is -2.43. The van der Waals surface area contributed by atoms with Gasteiger partial charge in [0.05, 0.1) is 17.1 Å². The number of carboxylic acids is 2. The van der Waals surface area contributed by atoms with Crippen LogP contribution >= 0.6 is 0 Å². The second-order valence-electron chi connectivity index (χ2n) is 5.74. The van der Waals surface area contributed by atoms with Crippen molar-refractivity contribution in [3.05, 3.63) is 23.9 Å². The van der Waals surface area contributed by atoms with E-state index in [0.29, 0.717) is 31.6 Å². The smallest absolute Gasteiger partial charge is 0.337 e. The maximum atomic E-state index is 11.6. The average Bonchev–Trinajstić information content (AvgIpc) is 2.57. The first-order chi connectivity index (χ1) is 11.8. The van der Waals surface area contributed by atoms with Crippen molar-refractivity contribution in [2.75, 3.05) is 18.0 Å². The number of aliphatic hydroxyl groups excluding tert-OH is 1. The fraction of sp³-hybridized carbons (Fsp3) is 0.500. The van der Waals surface area contributed by atoms with E-state index >= 15 is 0 Å². The zero-order chi connectivity index (χ0) is 19.0. The third kappa shape index (κ3) is 4.66. The Bertz CT molecular complexity index is 605. The van der Waals surface area contributed by atoms with Gasteiger partial charge in [-0.1, -0.05) is 13.3 Å². The van der Waals surface area contributed by atoms with Gasteiger partial charge in [-0.3, -0.25) is 9.59 Å². The maximum absolute atomic E-state index is 11.6. The molecule has 2 heterocycles. The van der Waals surface area contributed by atoms with Crippen LogP contribution in [0.3, 0.4) is 0 Å². The van der Waals surface area contributed by atoms with Crippen molar-refractivity contribution in [2.45, 2.75) is 32.3 Å². The number of pyridine rings is 1. The number of hydrogen-bond acceptors (Lipinski definition) is 6. The van der Waals surface area contributed by atoms with E-state index < -0.39 is 23.5 Å². The molecule has 4 N–H and O–H groups in total. The minimum absolute atomic E-state index is 0.0900. The fourth-order valence-electron chi connectivity index (χ4n) is 2.98. The third-order valence-electron chi connectivity index (χ3n) is 4.30. The van der Waals surface area contributed by atoms with Crippen LogP contribution in [0.2, 0.25) is 0 Å². The van der Waals surface area contributed by atoms with Crippen LogP contribution < -0.4 is 4.90 Å². The van der Waals surface area contributed by atoms with Crippen molar-refractivity contribution in [1.29, 1.82) is 0 Å². The molecule has 2 rings (SSSR count). The van der Waals surface area contributed by atoms with Crippen molar-refractivity contribution >= 4 is 24.2 Å². The molecule has 0 bridgehead atoms. The van der Waals surface area contributed by atoms with E-state index in [-0.39, 0.29) is 18.6 Å². The van der Waals surface area contributed by atoms with Gasteiger partial charge in [-0.15, -0.1) is 0 Å². The van der Waals surface area contributed by atoms with Gasteiger partial charge in [0.2, 0.25) is 0 Å². The summed E-state index contributed by atoms with van der Waals surface area (Å²) in [6.45, 7) is 2.28. The van der Waals surface area contributed by atoms with Gasteiger partial charge in [0.25, 0.3) is 6.47 Å². The number of rotatable bonds is 5. The van der Waals surface area contributed by atoms with Crippen LogP contribution in [-0.2, 0) is 9.59 Å². The minimum Gasteiger partial charge on any atom is -0.483 e. The summed E-state index contributed by atoms with van der Waals surface area (Å²) in [7, 11) is 0. The summed E-state index contributed by atoms with van der Waals surface area (Å²) < 4.78 is 0. The monoisotopic (exact) mass is 354 g/mol. The highest BCUT2D eigenvalue weighted by Crippen LogP contribution is 2.37. The molecule has 0 aromatic carbocycles. The molecule has 0 amide bonds. The molecule has 25 heavy (non-hydrogen) atoms. The molecule has 1 aliphatic heterocycles. The number of carbonyl (C=O) groups is 3. The van der Waals surface area contributed by atoms with E-state index in [0.717, 1.165) is 0 Å². The molecule has 0 radical (unpaired) electrons. The average molecular weight is 354 g/mol. The van der Waals surface area contributed by atoms with Gasteiger partial charge in [0.15, 0.2) is 0 Å². The van der Waals surface area contributed by atoms with Crippen molar-refractivity contribution in [3.8, 4) is 0 Å². The molecule has 0 spiro atoms. The lowest BCUT2D eigenvalue weighted by atomic mass is 9.73. The maximum Gasteiger partial charge on any atom is 0.337 e. The van der Waals surface area contributed by atoms with E-state index in [4.69, 9.17) is 15.0 Å². The first-order valence-electron chi connectivity index (χ1n) is 7.76.